The third-order valence-electron chi connectivity index (χ3n) is 2.47. The normalized spacial score (nSPS) is 10.4. The maximum absolute atomic E-state index is 10.9. The smallest absolute Gasteiger partial charge is 0.312 e. The van der Waals surface area contributed by atoms with Crippen molar-refractivity contribution in [3.63, 3.8) is 0 Å². The third-order valence-corrected chi connectivity index (χ3v) is 2.91. The van der Waals surface area contributed by atoms with Crippen molar-refractivity contribution in [3.8, 4) is 0 Å². The molecule has 0 atom stereocenters. The van der Waals surface area contributed by atoms with Crippen LogP contribution in [0.15, 0.2) is 29.0 Å². The van der Waals surface area contributed by atoms with Gasteiger partial charge in [-0.05, 0) is 22.0 Å². The van der Waals surface area contributed by atoms with E-state index in [4.69, 9.17) is 0 Å². The molecule has 19 heavy (non-hydrogen) atoms. The number of hydrogen-bond donors (Lipinski definition) is 1. The second-order valence-corrected chi connectivity index (χ2v) is 4.85. The summed E-state index contributed by atoms with van der Waals surface area (Å²) in [5.74, 6) is 0.268. The molecule has 100 valence electrons. The van der Waals surface area contributed by atoms with Gasteiger partial charge in [-0.25, -0.2) is 4.98 Å². The Morgan fingerprint density at radius 3 is 3.00 bits per heavy atom. The zero-order valence-electron chi connectivity index (χ0n) is 10.2. The molecule has 0 fully saturated rings. The van der Waals surface area contributed by atoms with E-state index in [0.717, 1.165) is 5.69 Å². The maximum Gasteiger partial charge on any atom is 0.312 e. The lowest BCUT2D eigenvalue weighted by atomic mass is 10.3. The molecule has 0 unspecified atom stereocenters. The van der Waals surface area contributed by atoms with Crippen molar-refractivity contribution < 1.29 is 4.92 Å². The topological polar surface area (TPSA) is 85.9 Å². The van der Waals surface area contributed by atoms with Crippen molar-refractivity contribution in [3.05, 3.63) is 44.8 Å². The van der Waals surface area contributed by atoms with Gasteiger partial charge in [-0.15, -0.1) is 0 Å². The molecule has 0 aromatic carbocycles. The summed E-state index contributed by atoms with van der Waals surface area (Å²) in [6.07, 6.45) is 4.06. The van der Waals surface area contributed by atoms with Crippen LogP contribution in [0.5, 0.6) is 0 Å². The van der Waals surface area contributed by atoms with Gasteiger partial charge in [0.1, 0.15) is 0 Å². The van der Waals surface area contributed by atoms with E-state index in [0.29, 0.717) is 17.4 Å². The lowest BCUT2D eigenvalue weighted by Gasteiger charge is -2.05. The maximum atomic E-state index is 10.9. The number of aromatic nitrogens is 3. The Kier molecular flexibility index (Phi) is 4.10. The van der Waals surface area contributed by atoms with Crippen molar-refractivity contribution >= 4 is 27.4 Å². The highest BCUT2D eigenvalue weighted by molar-refractivity contribution is 9.10. The Morgan fingerprint density at radius 2 is 2.37 bits per heavy atom. The van der Waals surface area contributed by atoms with E-state index < -0.39 is 4.92 Å². The van der Waals surface area contributed by atoms with Crippen molar-refractivity contribution in [2.45, 2.75) is 6.42 Å². The molecule has 0 amide bonds. The van der Waals surface area contributed by atoms with E-state index in [1.807, 2.05) is 19.3 Å². The number of pyridine rings is 1. The molecule has 0 saturated carbocycles. The molecule has 0 aliphatic rings. The Bertz CT molecular complexity index is 599. The summed E-state index contributed by atoms with van der Waals surface area (Å²) < 4.78 is 2.30. The van der Waals surface area contributed by atoms with Gasteiger partial charge < -0.3 is 5.32 Å². The fourth-order valence-electron chi connectivity index (χ4n) is 1.61. The minimum atomic E-state index is -0.457. The number of hydrogen-bond acceptors (Lipinski definition) is 5. The second-order valence-electron chi connectivity index (χ2n) is 3.94. The average Bonchev–Trinajstić information content (AvgIpc) is 2.77. The highest BCUT2D eigenvalue weighted by Crippen LogP contribution is 2.25. The van der Waals surface area contributed by atoms with E-state index in [2.05, 4.69) is 31.3 Å². The molecular formula is C11H12BrN5O2. The van der Waals surface area contributed by atoms with E-state index >= 15 is 0 Å². The molecule has 8 heteroatoms. The van der Waals surface area contributed by atoms with Gasteiger partial charge in [0.15, 0.2) is 0 Å². The van der Waals surface area contributed by atoms with Gasteiger partial charge >= 0.3 is 5.69 Å². The summed E-state index contributed by atoms with van der Waals surface area (Å²) in [5, 5.41) is 18.1. The molecule has 0 radical (unpaired) electrons. The second kappa shape index (κ2) is 5.79. The summed E-state index contributed by atoms with van der Waals surface area (Å²) in [6, 6.07) is 3.33. The number of anilines is 1. The summed E-state index contributed by atoms with van der Waals surface area (Å²) >= 11 is 3.16. The van der Waals surface area contributed by atoms with Gasteiger partial charge in [-0.1, -0.05) is 0 Å². The van der Waals surface area contributed by atoms with Crippen molar-refractivity contribution in [2.24, 2.45) is 7.05 Å². The Hall–Kier alpha value is -1.96. The molecule has 2 aromatic rings. The SMILES string of the molecule is Cn1ccc(CCNc2ncc(Br)cc2[N+](=O)[O-])n1. The van der Waals surface area contributed by atoms with Crippen LogP contribution < -0.4 is 5.32 Å². The van der Waals surface area contributed by atoms with Gasteiger partial charge in [-0.3, -0.25) is 14.8 Å². The van der Waals surface area contributed by atoms with Crippen LogP contribution in [0.2, 0.25) is 0 Å². The number of aryl methyl sites for hydroxylation is 1. The van der Waals surface area contributed by atoms with Crippen LogP contribution in [0.25, 0.3) is 0 Å². The molecule has 2 aromatic heterocycles. The Balaban J connectivity index is 2.01. The van der Waals surface area contributed by atoms with Crippen LogP contribution in [0.1, 0.15) is 5.69 Å². The number of nitrogens with zero attached hydrogens (tertiary/aromatic N) is 4. The van der Waals surface area contributed by atoms with Crippen molar-refractivity contribution in [2.75, 3.05) is 11.9 Å². The number of nitrogens with one attached hydrogen (secondary N) is 1. The van der Waals surface area contributed by atoms with E-state index in [1.54, 1.807) is 4.68 Å². The quantitative estimate of drug-likeness (QED) is 0.672. The minimum absolute atomic E-state index is 0.0459. The predicted octanol–water partition coefficient (Wildman–Crippen LogP) is 2.14. The first-order valence-corrected chi connectivity index (χ1v) is 6.38. The first kappa shape index (κ1) is 13.5. The molecule has 0 spiro atoms. The lowest BCUT2D eigenvalue weighted by Crippen LogP contribution is -2.09. The summed E-state index contributed by atoms with van der Waals surface area (Å²) in [5.41, 5.74) is 0.880. The summed E-state index contributed by atoms with van der Waals surface area (Å²) in [4.78, 5) is 14.5. The zero-order valence-corrected chi connectivity index (χ0v) is 11.8. The largest absolute Gasteiger partial charge is 0.364 e. The standard InChI is InChI=1S/C11H12BrN5O2/c1-16-5-3-9(15-16)2-4-13-11-10(17(18)19)6-8(12)7-14-11/h3,5-7H,2,4H2,1H3,(H,13,14). The molecule has 7 nitrogen and oxygen atoms in total. The zero-order chi connectivity index (χ0) is 13.8. The molecular weight excluding hydrogens is 314 g/mol. The highest BCUT2D eigenvalue weighted by Gasteiger charge is 2.15. The van der Waals surface area contributed by atoms with E-state index in [1.165, 1.54) is 12.3 Å². The van der Waals surface area contributed by atoms with Gasteiger partial charge in [0.25, 0.3) is 0 Å². The van der Waals surface area contributed by atoms with Crippen LogP contribution >= 0.6 is 15.9 Å². The predicted molar refractivity (Wildman–Crippen MR) is 74.0 cm³/mol. The van der Waals surface area contributed by atoms with Gasteiger partial charge in [0.2, 0.25) is 5.82 Å². The van der Waals surface area contributed by atoms with Crippen LogP contribution in [0, 0.1) is 10.1 Å². The number of nitro groups is 1. The fraction of sp³-hybridized carbons (Fsp3) is 0.273. The van der Waals surface area contributed by atoms with Crippen LogP contribution in [-0.4, -0.2) is 26.2 Å². The van der Waals surface area contributed by atoms with Gasteiger partial charge in [0, 0.05) is 42.9 Å². The van der Waals surface area contributed by atoms with Crippen LogP contribution in [0.3, 0.4) is 0 Å². The molecule has 2 rings (SSSR count). The molecule has 0 aliphatic heterocycles. The van der Waals surface area contributed by atoms with Crippen molar-refractivity contribution in [1.29, 1.82) is 0 Å². The first-order chi connectivity index (χ1) is 9.06. The molecule has 0 saturated heterocycles. The van der Waals surface area contributed by atoms with Gasteiger partial charge in [0.05, 0.1) is 10.6 Å². The minimum Gasteiger partial charge on any atom is -0.364 e. The molecule has 2 heterocycles. The lowest BCUT2D eigenvalue weighted by molar-refractivity contribution is -0.384. The average molecular weight is 326 g/mol. The third kappa shape index (κ3) is 3.50. The number of rotatable bonds is 5. The summed E-state index contributed by atoms with van der Waals surface area (Å²) in [7, 11) is 1.85. The Labute approximate surface area is 117 Å². The van der Waals surface area contributed by atoms with Gasteiger partial charge in [-0.2, -0.15) is 5.10 Å². The molecule has 0 bridgehead atoms. The van der Waals surface area contributed by atoms with E-state index in [9.17, 15) is 10.1 Å². The van der Waals surface area contributed by atoms with E-state index in [-0.39, 0.29) is 11.5 Å². The van der Waals surface area contributed by atoms with Crippen molar-refractivity contribution in [1.82, 2.24) is 14.8 Å². The molecule has 1 N–H and O–H groups in total. The summed E-state index contributed by atoms with van der Waals surface area (Å²) in [6.45, 7) is 0.534. The van der Waals surface area contributed by atoms with Crippen LogP contribution in [0.4, 0.5) is 11.5 Å². The fourth-order valence-corrected chi connectivity index (χ4v) is 1.93. The monoisotopic (exact) mass is 325 g/mol. The van der Waals surface area contributed by atoms with Crippen LogP contribution in [-0.2, 0) is 13.5 Å². The number of halogens is 1. The molecule has 0 aliphatic carbocycles. The Morgan fingerprint density at radius 1 is 1.58 bits per heavy atom. The first-order valence-electron chi connectivity index (χ1n) is 5.58. The highest BCUT2D eigenvalue weighted by atomic mass is 79.9.